The summed E-state index contributed by atoms with van der Waals surface area (Å²) in [6, 6.07) is 7.72. The van der Waals surface area contributed by atoms with E-state index in [1.54, 1.807) is 7.11 Å². The standard InChI is InChI=1S/C14H20N2O3/c1-18-9-10-3-2-4-11(7-10)19-12-5-6-14(16,8-12)13(15)17/h2-4,7,12H,5-6,8-9,16H2,1H3,(H2,15,17). The van der Waals surface area contributed by atoms with Crippen LogP contribution in [0.3, 0.4) is 0 Å². The van der Waals surface area contributed by atoms with Crippen LogP contribution in [0.15, 0.2) is 24.3 Å². The highest BCUT2D eigenvalue weighted by molar-refractivity contribution is 5.84. The lowest BCUT2D eigenvalue weighted by molar-refractivity contribution is -0.123. The first-order valence-electron chi connectivity index (χ1n) is 6.37. The Kier molecular flexibility index (Phi) is 4.07. The van der Waals surface area contributed by atoms with Gasteiger partial charge in [0.05, 0.1) is 12.1 Å². The number of primary amides is 1. The summed E-state index contributed by atoms with van der Waals surface area (Å²) in [6.07, 6.45) is 1.73. The summed E-state index contributed by atoms with van der Waals surface area (Å²) in [6.45, 7) is 0.546. The monoisotopic (exact) mass is 264 g/mol. The van der Waals surface area contributed by atoms with Crippen molar-refractivity contribution in [3.63, 3.8) is 0 Å². The Labute approximate surface area is 112 Å². The van der Waals surface area contributed by atoms with E-state index >= 15 is 0 Å². The maximum absolute atomic E-state index is 11.3. The van der Waals surface area contributed by atoms with E-state index in [4.69, 9.17) is 20.9 Å². The fraction of sp³-hybridized carbons (Fsp3) is 0.500. The number of ether oxygens (including phenoxy) is 2. The van der Waals surface area contributed by atoms with Crippen LogP contribution in [0, 0.1) is 0 Å². The molecule has 5 nitrogen and oxygen atoms in total. The predicted molar refractivity (Wildman–Crippen MR) is 71.5 cm³/mol. The second-order valence-electron chi connectivity index (χ2n) is 5.08. The summed E-state index contributed by atoms with van der Waals surface area (Å²) >= 11 is 0. The summed E-state index contributed by atoms with van der Waals surface area (Å²) in [5.41, 5.74) is 11.4. The molecule has 1 aliphatic carbocycles. The molecular weight excluding hydrogens is 244 g/mol. The van der Waals surface area contributed by atoms with Gasteiger partial charge >= 0.3 is 0 Å². The lowest BCUT2D eigenvalue weighted by atomic mass is 9.99. The first-order valence-corrected chi connectivity index (χ1v) is 6.37. The molecule has 1 saturated carbocycles. The molecule has 0 bridgehead atoms. The van der Waals surface area contributed by atoms with Crippen molar-refractivity contribution in [2.24, 2.45) is 11.5 Å². The number of rotatable bonds is 5. The average Bonchev–Trinajstić information content (AvgIpc) is 2.73. The molecule has 19 heavy (non-hydrogen) atoms. The maximum Gasteiger partial charge on any atom is 0.237 e. The SMILES string of the molecule is COCc1cccc(OC2CCC(N)(C(N)=O)C2)c1. The number of nitrogens with two attached hydrogens (primary N) is 2. The molecule has 5 heteroatoms. The van der Waals surface area contributed by atoms with Gasteiger partial charge in [-0.15, -0.1) is 0 Å². The van der Waals surface area contributed by atoms with Crippen molar-refractivity contribution in [2.75, 3.05) is 7.11 Å². The quantitative estimate of drug-likeness (QED) is 0.828. The van der Waals surface area contributed by atoms with Gasteiger partial charge in [0.2, 0.25) is 5.91 Å². The molecule has 0 spiro atoms. The highest BCUT2D eigenvalue weighted by Gasteiger charge is 2.41. The lowest BCUT2D eigenvalue weighted by Crippen LogP contribution is -2.50. The molecule has 4 N–H and O–H groups in total. The van der Waals surface area contributed by atoms with Crippen LogP contribution in [-0.4, -0.2) is 24.7 Å². The molecule has 1 fully saturated rings. The lowest BCUT2D eigenvalue weighted by Gasteiger charge is -2.20. The second-order valence-corrected chi connectivity index (χ2v) is 5.08. The van der Waals surface area contributed by atoms with E-state index in [2.05, 4.69) is 0 Å². The third kappa shape index (κ3) is 3.24. The molecule has 1 aromatic carbocycles. The number of carbonyl (C=O) groups is 1. The van der Waals surface area contributed by atoms with Crippen molar-refractivity contribution in [3.05, 3.63) is 29.8 Å². The number of benzene rings is 1. The summed E-state index contributed by atoms with van der Waals surface area (Å²) in [5.74, 6) is 0.319. The predicted octanol–water partition coefficient (Wildman–Crippen LogP) is 0.947. The number of hydrogen-bond acceptors (Lipinski definition) is 4. The van der Waals surface area contributed by atoms with E-state index in [1.807, 2.05) is 24.3 Å². The molecule has 0 radical (unpaired) electrons. The van der Waals surface area contributed by atoms with E-state index in [1.165, 1.54) is 0 Å². The fourth-order valence-electron chi connectivity index (χ4n) is 2.42. The fourth-order valence-corrected chi connectivity index (χ4v) is 2.42. The molecule has 104 valence electrons. The smallest absolute Gasteiger partial charge is 0.237 e. The third-order valence-electron chi connectivity index (χ3n) is 3.51. The number of methoxy groups -OCH3 is 1. The highest BCUT2D eigenvalue weighted by Crippen LogP contribution is 2.31. The largest absolute Gasteiger partial charge is 0.490 e. The Balaban J connectivity index is 1.99. The van der Waals surface area contributed by atoms with Crippen LogP contribution in [-0.2, 0) is 16.1 Å². The summed E-state index contributed by atoms with van der Waals surface area (Å²) in [4.78, 5) is 11.3. The molecule has 0 aliphatic heterocycles. The molecule has 0 aromatic heterocycles. The van der Waals surface area contributed by atoms with Gasteiger partial charge in [-0.05, 0) is 30.5 Å². The third-order valence-corrected chi connectivity index (χ3v) is 3.51. The first kappa shape index (κ1) is 13.8. The zero-order valence-corrected chi connectivity index (χ0v) is 11.1. The summed E-state index contributed by atoms with van der Waals surface area (Å²) < 4.78 is 10.9. The topological polar surface area (TPSA) is 87.6 Å². The summed E-state index contributed by atoms with van der Waals surface area (Å²) in [5, 5.41) is 0. The Hall–Kier alpha value is -1.59. The minimum Gasteiger partial charge on any atom is -0.490 e. The van der Waals surface area contributed by atoms with Crippen molar-refractivity contribution in [1.29, 1.82) is 0 Å². The van der Waals surface area contributed by atoms with Crippen LogP contribution in [0.25, 0.3) is 0 Å². The Bertz CT molecular complexity index is 464. The normalized spacial score (nSPS) is 26.3. The van der Waals surface area contributed by atoms with E-state index in [0.29, 0.717) is 19.4 Å². The van der Waals surface area contributed by atoms with Gasteiger partial charge in [-0.2, -0.15) is 0 Å². The number of hydrogen-bond donors (Lipinski definition) is 2. The molecule has 1 amide bonds. The van der Waals surface area contributed by atoms with Crippen molar-refractivity contribution in [1.82, 2.24) is 0 Å². The molecule has 0 heterocycles. The van der Waals surface area contributed by atoms with Gasteiger partial charge in [-0.1, -0.05) is 12.1 Å². The molecule has 2 rings (SSSR count). The van der Waals surface area contributed by atoms with Crippen LogP contribution in [0.1, 0.15) is 24.8 Å². The van der Waals surface area contributed by atoms with Gasteiger partial charge in [-0.3, -0.25) is 4.79 Å². The Morgan fingerprint density at radius 1 is 1.53 bits per heavy atom. The zero-order valence-electron chi connectivity index (χ0n) is 11.1. The van der Waals surface area contributed by atoms with Crippen LogP contribution in [0.4, 0.5) is 0 Å². The van der Waals surface area contributed by atoms with Gasteiger partial charge in [0, 0.05) is 13.5 Å². The van der Waals surface area contributed by atoms with Crippen molar-refractivity contribution in [3.8, 4) is 5.75 Å². The van der Waals surface area contributed by atoms with Crippen LogP contribution >= 0.6 is 0 Å². The first-order chi connectivity index (χ1) is 9.03. The van der Waals surface area contributed by atoms with Gasteiger partial charge in [0.15, 0.2) is 0 Å². The highest BCUT2D eigenvalue weighted by atomic mass is 16.5. The molecule has 1 aromatic rings. The molecule has 2 unspecified atom stereocenters. The van der Waals surface area contributed by atoms with Gasteiger partial charge in [-0.25, -0.2) is 0 Å². The van der Waals surface area contributed by atoms with E-state index in [0.717, 1.165) is 17.7 Å². The molecule has 1 aliphatic rings. The zero-order chi connectivity index (χ0) is 13.9. The minimum absolute atomic E-state index is 0.0599. The molecular formula is C14H20N2O3. The van der Waals surface area contributed by atoms with Crippen molar-refractivity contribution < 1.29 is 14.3 Å². The average molecular weight is 264 g/mol. The van der Waals surface area contributed by atoms with Gasteiger partial charge in [0.25, 0.3) is 0 Å². The van der Waals surface area contributed by atoms with E-state index in [9.17, 15) is 4.79 Å². The minimum atomic E-state index is -0.922. The Morgan fingerprint density at radius 3 is 2.95 bits per heavy atom. The van der Waals surface area contributed by atoms with E-state index < -0.39 is 11.4 Å². The van der Waals surface area contributed by atoms with Crippen molar-refractivity contribution >= 4 is 5.91 Å². The molecule has 0 saturated heterocycles. The second kappa shape index (κ2) is 5.59. The molecule has 2 atom stereocenters. The van der Waals surface area contributed by atoms with Gasteiger partial charge < -0.3 is 20.9 Å². The van der Waals surface area contributed by atoms with Crippen LogP contribution in [0.2, 0.25) is 0 Å². The Morgan fingerprint density at radius 2 is 2.32 bits per heavy atom. The van der Waals surface area contributed by atoms with Crippen molar-refractivity contribution in [2.45, 2.75) is 37.5 Å². The summed E-state index contributed by atoms with van der Waals surface area (Å²) in [7, 11) is 1.65. The number of amides is 1. The van der Waals surface area contributed by atoms with Crippen LogP contribution < -0.4 is 16.2 Å². The maximum atomic E-state index is 11.3. The van der Waals surface area contributed by atoms with E-state index in [-0.39, 0.29) is 6.10 Å². The van der Waals surface area contributed by atoms with Crippen LogP contribution in [0.5, 0.6) is 5.75 Å². The number of carbonyl (C=O) groups excluding carboxylic acids is 1. The van der Waals surface area contributed by atoms with Gasteiger partial charge in [0.1, 0.15) is 11.9 Å².